The molecule has 0 aliphatic carbocycles. The largest absolute Gasteiger partial charge is 0.496 e. The molecule has 0 radical (unpaired) electrons. The van der Waals surface area contributed by atoms with Gasteiger partial charge in [0, 0.05) is 18.6 Å². The average molecular weight is 298 g/mol. The molecule has 0 heterocycles. The van der Waals surface area contributed by atoms with Crippen molar-refractivity contribution in [3.8, 4) is 17.2 Å². The molecular weight excluding hydrogens is 276 g/mol. The summed E-state index contributed by atoms with van der Waals surface area (Å²) in [6.45, 7) is 1.78. The molecule has 6 nitrogen and oxygen atoms in total. The van der Waals surface area contributed by atoms with E-state index in [-0.39, 0.29) is 12.3 Å². The van der Waals surface area contributed by atoms with Gasteiger partial charge < -0.3 is 24.4 Å². The Morgan fingerprint density at radius 2 is 1.67 bits per heavy atom. The van der Waals surface area contributed by atoms with E-state index in [1.165, 1.54) is 21.3 Å². The van der Waals surface area contributed by atoms with Gasteiger partial charge in [-0.25, -0.2) is 0 Å². The number of carboxylic acid groups (broad SMARTS) is 1. The van der Waals surface area contributed by atoms with Gasteiger partial charge in [0.15, 0.2) is 0 Å². The normalized spacial score (nSPS) is 13.4. The molecular formula is C15H22O6. The molecule has 0 amide bonds. The molecule has 0 bridgehead atoms. The van der Waals surface area contributed by atoms with Crippen molar-refractivity contribution in [1.82, 2.24) is 0 Å². The summed E-state index contributed by atoms with van der Waals surface area (Å²) in [5.41, 5.74) is 0.498. The predicted molar refractivity (Wildman–Crippen MR) is 77.1 cm³/mol. The Kier molecular flexibility index (Phi) is 6.30. The van der Waals surface area contributed by atoms with Crippen LogP contribution in [0.3, 0.4) is 0 Å². The lowest BCUT2D eigenvalue weighted by Crippen LogP contribution is -2.11. The first-order valence-corrected chi connectivity index (χ1v) is 6.62. The third-order valence-electron chi connectivity index (χ3n) is 3.24. The molecule has 1 aromatic rings. The van der Waals surface area contributed by atoms with Crippen molar-refractivity contribution in [2.75, 3.05) is 21.3 Å². The minimum Gasteiger partial charge on any atom is -0.496 e. The van der Waals surface area contributed by atoms with Crippen molar-refractivity contribution < 1.29 is 29.2 Å². The maximum Gasteiger partial charge on any atom is 0.303 e. The SMILES string of the molecule is COc1cc(OC)c(C(O)CC(C)CC(=O)O)c(OC)c1. The molecule has 0 saturated carbocycles. The Bertz CT molecular complexity index is 460. The van der Waals surface area contributed by atoms with Crippen LogP contribution in [0, 0.1) is 5.92 Å². The predicted octanol–water partition coefficient (Wildman–Crippen LogP) is 2.25. The van der Waals surface area contributed by atoms with Gasteiger partial charge in [-0.1, -0.05) is 6.92 Å². The van der Waals surface area contributed by atoms with Crippen LogP contribution in [0.5, 0.6) is 17.2 Å². The zero-order valence-electron chi connectivity index (χ0n) is 12.8. The number of aliphatic hydroxyl groups is 1. The average Bonchev–Trinajstić information content (AvgIpc) is 2.44. The summed E-state index contributed by atoms with van der Waals surface area (Å²) < 4.78 is 15.7. The zero-order valence-corrected chi connectivity index (χ0v) is 12.8. The van der Waals surface area contributed by atoms with Crippen molar-refractivity contribution in [3.63, 3.8) is 0 Å². The van der Waals surface area contributed by atoms with E-state index in [1.54, 1.807) is 19.1 Å². The maximum absolute atomic E-state index is 10.7. The topological polar surface area (TPSA) is 85.2 Å². The Morgan fingerprint density at radius 1 is 1.14 bits per heavy atom. The van der Waals surface area contributed by atoms with Crippen LogP contribution in [-0.4, -0.2) is 37.5 Å². The molecule has 0 aromatic heterocycles. The van der Waals surface area contributed by atoms with Gasteiger partial charge in [0.2, 0.25) is 0 Å². The number of aliphatic carboxylic acids is 1. The summed E-state index contributed by atoms with van der Waals surface area (Å²) in [4.78, 5) is 10.7. The van der Waals surface area contributed by atoms with Gasteiger partial charge in [0.05, 0.1) is 33.0 Å². The standard InChI is InChI=1S/C15H22O6/c1-9(6-14(17)18)5-11(16)15-12(20-3)7-10(19-2)8-13(15)21-4/h7-9,11,16H,5-6H2,1-4H3,(H,17,18). The third kappa shape index (κ3) is 4.53. The number of ether oxygens (including phenoxy) is 3. The summed E-state index contributed by atoms with van der Waals surface area (Å²) >= 11 is 0. The highest BCUT2D eigenvalue weighted by molar-refractivity contribution is 5.67. The molecule has 0 fully saturated rings. The van der Waals surface area contributed by atoms with Crippen LogP contribution in [0.15, 0.2) is 12.1 Å². The molecule has 0 saturated heterocycles. The third-order valence-corrected chi connectivity index (χ3v) is 3.24. The summed E-state index contributed by atoms with van der Waals surface area (Å²) in [6.07, 6.45) is -0.585. The van der Waals surface area contributed by atoms with E-state index >= 15 is 0 Å². The Hall–Kier alpha value is -1.95. The van der Waals surface area contributed by atoms with Crippen LogP contribution in [0.1, 0.15) is 31.4 Å². The highest BCUT2D eigenvalue weighted by Crippen LogP contribution is 2.40. The zero-order chi connectivity index (χ0) is 16.0. The van der Waals surface area contributed by atoms with Crippen LogP contribution < -0.4 is 14.2 Å². The Morgan fingerprint density at radius 3 is 2.05 bits per heavy atom. The molecule has 2 unspecified atom stereocenters. The fourth-order valence-electron chi connectivity index (χ4n) is 2.24. The maximum atomic E-state index is 10.7. The lowest BCUT2D eigenvalue weighted by Gasteiger charge is -2.21. The molecule has 118 valence electrons. The summed E-state index contributed by atoms with van der Waals surface area (Å²) in [6, 6.07) is 3.31. The minimum absolute atomic E-state index is 0.00214. The van der Waals surface area contributed by atoms with Crippen molar-refractivity contribution in [3.05, 3.63) is 17.7 Å². The highest BCUT2D eigenvalue weighted by atomic mass is 16.5. The van der Waals surface area contributed by atoms with E-state index in [1.807, 2.05) is 0 Å². The first-order valence-electron chi connectivity index (χ1n) is 6.62. The second kappa shape index (κ2) is 7.73. The Labute approximate surface area is 124 Å². The van der Waals surface area contributed by atoms with Crippen LogP contribution in [-0.2, 0) is 4.79 Å². The Balaban J connectivity index is 3.06. The first kappa shape index (κ1) is 17.1. The number of hydrogen-bond acceptors (Lipinski definition) is 5. The first-order chi connectivity index (χ1) is 9.92. The van der Waals surface area contributed by atoms with Crippen molar-refractivity contribution in [1.29, 1.82) is 0 Å². The monoisotopic (exact) mass is 298 g/mol. The number of aliphatic hydroxyl groups excluding tert-OH is 1. The van der Waals surface area contributed by atoms with Crippen LogP contribution in [0.2, 0.25) is 0 Å². The lowest BCUT2D eigenvalue weighted by molar-refractivity contribution is -0.138. The molecule has 0 aliphatic heterocycles. The molecule has 0 aliphatic rings. The summed E-state index contributed by atoms with van der Waals surface area (Å²) in [5.74, 6) is 0.387. The van der Waals surface area contributed by atoms with Crippen molar-refractivity contribution in [2.45, 2.75) is 25.9 Å². The number of rotatable bonds is 8. The van der Waals surface area contributed by atoms with E-state index in [4.69, 9.17) is 19.3 Å². The van der Waals surface area contributed by atoms with E-state index in [0.29, 0.717) is 29.2 Å². The number of methoxy groups -OCH3 is 3. The van der Waals surface area contributed by atoms with E-state index in [2.05, 4.69) is 0 Å². The lowest BCUT2D eigenvalue weighted by atomic mass is 9.94. The van der Waals surface area contributed by atoms with Gasteiger partial charge in [-0.15, -0.1) is 0 Å². The van der Waals surface area contributed by atoms with E-state index < -0.39 is 12.1 Å². The molecule has 1 aromatic carbocycles. The minimum atomic E-state index is -0.886. The van der Waals surface area contributed by atoms with Gasteiger partial charge in [0.1, 0.15) is 17.2 Å². The molecule has 21 heavy (non-hydrogen) atoms. The number of carbonyl (C=O) groups is 1. The van der Waals surface area contributed by atoms with Gasteiger partial charge in [0.25, 0.3) is 0 Å². The number of carboxylic acids is 1. The van der Waals surface area contributed by atoms with Crippen molar-refractivity contribution >= 4 is 5.97 Å². The van der Waals surface area contributed by atoms with Crippen LogP contribution in [0.25, 0.3) is 0 Å². The second-order valence-electron chi connectivity index (χ2n) is 4.90. The smallest absolute Gasteiger partial charge is 0.303 e. The highest BCUT2D eigenvalue weighted by Gasteiger charge is 2.23. The van der Waals surface area contributed by atoms with Gasteiger partial charge in [-0.05, 0) is 12.3 Å². The van der Waals surface area contributed by atoms with Gasteiger partial charge in [-0.3, -0.25) is 4.79 Å². The molecule has 0 spiro atoms. The summed E-state index contributed by atoms with van der Waals surface area (Å²) in [5, 5.41) is 19.2. The number of benzene rings is 1. The van der Waals surface area contributed by atoms with Crippen LogP contribution in [0.4, 0.5) is 0 Å². The fourth-order valence-corrected chi connectivity index (χ4v) is 2.24. The van der Waals surface area contributed by atoms with Crippen LogP contribution >= 0.6 is 0 Å². The number of hydrogen-bond donors (Lipinski definition) is 2. The van der Waals surface area contributed by atoms with Gasteiger partial charge in [-0.2, -0.15) is 0 Å². The van der Waals surface area contributed by atoms with Gasteiger partial charge >= 0.3 is 5.97 Å². The van der Waals surface area contributed by atoms with E-state index in [0.717, 1.165) is 0 Å². The van der Waals surface area contributed by atoms with Crippen molar-refractivity contribution in [2.24, 2.45) is 5.92 Å². The fraction of sp³-hybridized carbons (Fsp3) is 0.533. The molecule has 2 atom stereocenters. The van der Waals surface area contributed by atoms with E-state index in [9.17, 15) is 9.90 Å². The molecule has 6 heteroatoms. The summed E-state index contributed by atoms with van der Waals surface area (Å²) in [7, 11) is 4.51. The second-order valence-corrected chi connectivity index (χ2v) is 4.90. The molecule has 1 rings (SSSR count). The molecule has 2 N–H and O–H groups in total. The quantitative estimate of drug-likeness (QED) is 0.765.